The Balaban J connectivity index is 2.64. The zero-order valence-corrected chi connectivity index (χ0v) is 14.1. The van der Waals surface area contributed by atoms with Crippen molar-refractivity contribution in [1.82, 2.24) is 4.90 Å². The summed E-state index contributed by atoms with van der Waals surface area (Å²) in [6.07, 6.45) is 0. The quantitative estimate of drug-likeness (QED) is 0.837. The highest BCUT2D eigenvalue weighted by molar-refractivity contribution is 5.50. The van der Waals surface area contributed by atoms with Crippen molar-refractivity contribution in [2.75, 3.05) is 20.6 Å². The van der Waals surface area contributed by atoms with Gasteiger partial charge in [-0.25, -0.2) is 4.39 Å². The third kappa shape index (κ3) is 4.23. The zero-order valence-electron chi connectivity index (χ0n) is 14.1. The Kier molecular flexibility index (Phi) is 5.90. The molecule has 0 unspecified atom stereocenters. The van der Waals surface area contributed by atoms with Crippen LogP contribution in [-0.4, -0.2) is 35.8 Å². The molecule has 2 aromatic rings. The lowest BCUT2D eigenvalue weighted by atomic mass is 9.83. The first-order valence-corrected chi connectivity index (χ1v) is 7.68. The zero-order chi connectivity index (χ0) is 18.4. The van der Waals surface area contributed by atoms with E-state index >= 15 is 0 Å². The maximum Gasteiger partial charge on any atom is 0.177 e. The van der Waals surface area contributed by atoms with Crippen LogP contribution in [-0.2, 0) is 12.2 Å². The summed E-state index contributed by atoms with van der Waals surface area (Å²) in [4.78, 5) is 1.85. The van der Waals surface area contributed by atoms with Crippen LogP contribution in [0.15, 0.2) is 42.5 Å². The molecule has 0 spiro atoms. The molecule has 25 heavy (non-hydrogen) atoms. The summed E-state index contributed by atoms with van der Waals surface area (Å²) in [6.45, 7) is 0.0674. The number of halogens is 1. The minimum absolute atomic E-state index is 0.357. The van der Waals surface area contributed by atoms with Crippen molar-refractivity contribution in [3.63, 3.8) is 0 Å². The Labute approximate surface area is 146 Å². The molecule has 0 saturated carbocycles. The molecule has 0 fully saturated rings. The molecule has 0 radical (unpaired) electrons. The van der Waals surface area contributed by atoms with Crippen molar-refractivity contribution >= 4 is 0 Å². The Bertz CT molecular complexity index is 845. The first-order chi connectivity index (χ1) is 11.9. The largest absolute Gasteiger partial charge is 0.392 e. The third-order valence-corrected chi connectivity index (χ3v) is 3.72. The normalized spacial score (nSPS) is 12.8. The number of aliphatic hydroxyl groups excluding tert-OH is 1. The molecule has 1 atom stereocenters. The average molecular weight is 338 g/mol. The standard InChI is InChI=1S/C20H19FN2O2/c1-23(2)11-3-10-20(25,17-5-7-18(21)8-6-17)19-9-4-15(13-22)12-16(19)14-24/h4-9,12,24-25H,11,14H2,1-2H3/t20-/m0/s1. The van der Waals surface area contributed by atoms with Gasteiger partial charge in [-0.1, -0.05) is 30.0 Å². The fourth-order valence-corrected chi connectivity index (χ4v) is 2.46. The molecule has 2 aromatic carbocycles. The summed E-state index contributed by atoms with van der Waals surface area (Å²) in [5, 5.41) is 30.0. The molecule has 5 heteroatoms. The van der Waals surface area contributed by atoms with Gasteiger partial charge in [0.05, 0.1) is 24.8 Å². The number of rotatable bonds is 4. The lowest BCUT2D eigenvalue weighted by Gasteiger charge is -2.26. The smallest absolute Gasteiger partial charge is 0.177 e. The van der Waals surface area contributed by atoms with Crippen molar-refractivity contribution < 1.29 is 14.6 Å². The van der Waals surface area contributed by atoms with Crippen LogP contribution in [0.1, 0.15) is 22.3 Å². The van der Waals surface area contributed by atoms with Crippen molar-refractivity contribution in [3.05, 3.63) is 70.5 Å². The highest BCUT2D eigenvalue weighted by atomic mass is 19.1. The van der Waals surface area contributed by atoms with Crippen molar-refractivity contribution in [3.8, 4) is 17.9 Å². The van der Waals surface area contributed by atoms with E-state index in [9.17, 15) is 14.6 Å². The second-order valence-corrected chi connectivity index (χ2v) is 5.90. The van der Waals surface area contributed by atoms with Gasteiger partial charge in [0.15, 0.2) is 5.60 Å². The van der Waals surface area contributed by atoms with Crippen LogP contribution in [0.2, 0.25) is 0 Å². The molecule has 0 aliphatic heterocycles. The van der Waals surface area contributed by atoms with E-state index in [2.05, 4.69) is 11.8 Å². The highest BCUT2D eigenvalue weighted by Gasteiger charge is 2.32. The summed E-state index contributed by atoms with van der Waals surface area (Å²) in [5.41, 5.74) is -0.206. The van der Waals surface area contributed by atoms with E-state index in [1.165, 1.54) is 30.3 Å². The minimum atomic E-state index is -1.73. The predicted molar refractivity (Wildman–Crippen MR) is 92.8 cm³/mol. The predicted octanol–water partition coefficient (Wildman–Crippen LogP) is 1.99. The molecule has 0 saturated heterocycles. The average Bonchev–Trinajstić information content (AvgIpc) is 2.61. The summed E-state index contributed by atoms with van der Waals surface area (Å²) >= 11 is 0. The summed E-state index contributed by atoms with van der Waals surface area (Å²) in [5.74, 6) is 5.32. The van der Waals surface area contributed by atoms with E-state index in [-0.39, 0.29) is 6.61 Å². The molecule has 0 aliphatic rings. The molecule has 0 bridgehead atoms. The minimum Gasteiger partial charge on any atom is -0.392 e. The number of hydrogen-bond donors (Lipinski definition) is 2. The first-order valence-electron chi connectivity index (χ1n) is 7.68. The van der Waals surface area contributed by atoms with Crippen molar-refractivity contribution in [1.29, 1.82) is 5.26 Å². The molecular weight excluding hydrogens is 319 g/mol. The van der Waals surface area contributed by atoms with E-state index in [0.717, 1.165) is 0 Å². The topological polar surface area (TPSA) is 67.5 Å². The molecule has 0 heterocycles. The van der Waals surface area contributed by atoms with Gasteiger partial charge in [-0.15, -0.1) is 0 Å². The third-order valence-electron chi connectivity index (χ3n) is 3.72. The fraction of sp³-hybridized carbons (Fsp3) is 0.250. The van der Waals surface area contributed by atoms with E-state index in [0.29, 0.717) is 28.8 Å². The maximum atomic E-state index is 13.3. The monoisotopic (exact) mass is 338 g/mol. The highest BCUT2D eigenvalue weighted by Crippen LogP contribution is 2.32. The molecule has 0 aliphatic carbocycles. The van der Waals surface area contributed by atoms with Gasteiger partial charge in [-0.3, -0.25) is 4.90 Å². The van der Waals surface area contributed by atoms with Crippen molar-refractivity contribution in [2.24, 2.45) is 0 Å². The number of hydrogen-bond acceptors (Lipinski definition) is 4. The van der Waals surface area contributed by atoms with Gasteiger partial charge in [0.1, 0.15) is 5.82 Å². The lowest BCUT2D eigenvalue weighted by molar-refractivity contribution is 0.141. The van der Waals surface area contributed by atoms with Gasteiger partial charge in [0.25, 0.3) is 0 Å². The number of nitrogens with zero attached hydrogens (tertiary/aromatic N) is 2. The Morgan fingerprint density at radius 3 is 2.40 bits per heavy atom. The summed E-state index contributed by atoms with van der Waals surface area (Å²) in [7, 11) is 3.71. The van der Waals surface area contributed by atoms with Crippen LogP contribution < -0.4 is 0 Å². The van der Waals surface area contributed by atoms with Crippen LogP contribution in [0.4, 0.5) is 4.39 Å². The maximum absolute atomic E-state index is 13.3. The van der Waals surface area contributed by atoms with Gasteiger partial charge < -0.3 is 10.2 Å². The van der Waals surface area contributed by atoms with E-state index in [4.69, 9.17) is 5.26 Å². The number of aliphatic hydroxyl groups is 2. The molecule has 4 nitrogen and oxygen atoms in total. The molecule has 0 amide bonds. The van der Waals surface area contributed by atoms with Crippen LogP contribution >= 0.6 is 0 Å². The molecule has 2 rings (SSSR count). The Hall–Kier alpha value is -2.70. The van der Waals surface area contributed by atoms with Gasteiger partial charge in [0, 0.05) is 11.1 Å². The van der Waals surface area contributed by atoms with Crippen LogP contribution in [0, 0.1) is 29.0 Å². The lowest BCUT2D eigenvalue weighted by Crippen LogP contribution is -2.27. The second kappa shape index (κ2) is 7.92. The Morgan fingerprint density at radius 1 is 1.16 bits per heavy atom. The number of nitriles is 1. The SMILES string of the molecule is CN(C)CC#C[C@](O)(c1ccc(F)cc1)c1ccc(C#N)cc1CO. The summed E-state index contributed by atoms with van der Waals surface area (Å²) < 4.78 is 13.3. The van der Waals surface area contributed by atoms with E-state index < -0.39 is 11.4 Å². The summed E-state index contributed by atoms with van der Waals surface area (Å²) in [6, 6.07) is 12.0. The van der Waals surface area contributed by atoms with Crippen LogP contribution in [0.25, 0.3) is 0 Å². The van der Waals surface area contributed by atoms with Gasteiger partial charge in [0.2, 0.25) is 0 Å². The first kappa shape index (κ1) is 18.6. The van der Waals surface area contributed by atoms with Gasteiger partial charge in [-0.2, -0.15) is 5.26 Å². The van der Waals surface area contributed by atoms with E-state index in [1.807, 2.05) is 25.1 Å². The fourth-order valence-electron chi connectivity index (χ4n) is 2.46. The molecule has 2 N–H and O–H groups in total. The number of benzene rings is 2. The van der Waals surface area contributed by atoms with Crippen LogP contribution in [0.5, 0.6) is 0 Å². The van der Waals surface area contributed by atoms with Gasteiger partial charge in [-0.05, 0) is 43.9 Å². The molecular formula is C20H19FN2O2. The molecule has 128 valence electrons. The van der Waals surface area contributed by atoms with Crippen LogP contribution in [0.3, 0.4) is 0 Å². The second-order valence-electron chi connectivity index (χ2n) is 5.90. The van der Waals surface area contributed by atoms with E-state index in [1.54, 1.807) is 12.1 Å². The molecule has 0 aromatic heterocycles. The van der Waals surface area contributed by atoms with Gasteiger partial charge >= 0.3 is 0 Å². The Morgan fingerprint density at radius 2 is 1.84 bits per heavy atom. The van der Waals surface area contributed by atoms with Crippen molar-refractivity contribution in [2.45, 2.75) is 12.2 Å².